The largest absolute Gasteiger partial charge is 0.513 e. The van der Waals surface area contributed by atoms with E-state index in [1.165, 1.54) is 18.2 Å². The molecule has 0 aromatic heterocycles. The number of carbonyl (C=O) groups excluding carboxylic acids is 3. The number of esters is 1. The number of unbranched alkanes of at least 4 members (excludes halogenated alkanes) is 4. The molecule has 11 heteroatoms. The van der Waals surface area contributed by atoms with E-state index in [1.807, 2.05) is 13.8 Å². The molecule has 1 aliphatic rings. The number of nitrogens with two attached hydrogens (primary N) is 1. The highest BCUT2D eigenvalue weighted by molar-refractivity contribution is 5.75. The number of hydrogen-bond acceptors (Lipinski definition) is 10. The molecule has 3 N–H and O–H groups in total. The summed E-state index contributed by atoms with van der Waals surface area (Å²) >= 11 is 0. The fourth-order valence-corrected chi connectivity index (χ4v) is 4.97. The van der Waals surface area contributed by atoms with Crippen LogP contribution in [-0.4, -0.2) is 55.2 Å². The molecule has 1 aliphatic carbocycles. The molecule has 2 rings (SSSR count). The minimum Gasteiger partial charge on any atom is -0.480 e. The predicted molar refractivity (Wildman–Crippen MR) is 154 cm³/mol. The number of benzene rings is 1. The summed E-state index contributed by atoms with van der Waals surface area (Å²) in [5.41, 5.74) is 6.50. The average Bonchev–Trinajstić information content (AvgIpc) is 2.98. The zero-order valence-corrected chi connectivity index (χ0v) is 25.1. The molecule has 11 nitrogen and oxygen atoms in total. The Morgan fingerprint density at radius 1 is 0.857 bits per heavy atom. The molecule has 1 fully saturated rings. The molecule has 3 atom stereocenters. The molecule has 236 valence electrons. The maximum atomic E-state index is 12.6. The third-order valence-corrected chi connectivity index (χ3v) is 7.39. The quantitative estimate of drug-likeness (QED) is 0.0895. The van der Waals surface area contributed by atoms with E-state index in [1.54, 1.807) is 6.92 Å². The van der Waals surface area contributed by atoms with Gasteiger partial charge in [-0.25, -0.2) is 9.59 Å². The fraction of sp³-hybridized carbons (Fsp3) is 0.677. The van der Waals surface area contributed by atoms with Crippen molar-refractivity contribution < 1.29 is 48.0 Å². The molecule has 1 aromatic carbocycles. The lowest BCUT2D eigenvalue weighted by Crippen LogP contribution is -2.41. The molecule has 0 radical (unpaired) electrons. The molecule has 1 saturated carbocycles. The zero-order valence-electron chi connectivity index (χ0n) is 25.1. The standard InChI is InChI=1S/C31H47NO10/c1-4-6-11-17-38-30(36)41-24-16-15-23(19-25(24)42-31(37)39-18-12-7-5-2)26(27(32)28(33)34)21(3)20-40-29(35)22-13-9-8-10-14-22/h15-16,19,21-22,26-27H,4-14,17-18,20,32H2,1-3H3,(H,33,34)/t21?,26?,27-/m0/s1. The molecular formula is C31H47NO10. The lowest BCUT2D eigenvalue weighted by atomic mass is 9.82. The lowest BCUT2D eigenvalue weighted by Gasteiger charge is -2.29. The van der Waals surface area contributed by atoms with Crippen molar-refractivity contribution in [1.82, 2.24) is 0 Å². The second-order valence-corrected chi connectivity index (χ2v) is 10.9. The van der Waals surface area contributed by atoms with Crippen molar-refractivity contribution in [2.45, 2.75) is 103 Å². The van der Waals surface area contributed by atoms with Crippen LogP contribution in [0.2, 0.25) is 0 Å². The summed E-state index contributed by atoms with van der Waals surface area (Å²) < 4.78 is 26.5. The Kier molecular flexibility index (Phi) is 15.7. The number of aliphatic carboxylic acids is 1. The van der Waals surface area contributed by atoms with Crippen LogP contribution < -0.4 is 15.2 Å². The molecule has 0 amide bonds. The Labute approximate surface area is 248 Å². The van der Waals surface area contributed by atoms with Crippen LogP contribution in [-0.2, 0) is 23.8 Å². The van der Waals surface area contributed by atoms with Crippen molar-refractivity contribution in [1.29, 1.82) is 0 Å². The van der Waals surface area contributed by atoms with Gasteiger partial charge in [0.05, 0.1) is 25.7 Å². The first-order valence-corrected chi connectivity index (χ1v) is 15.2. The molecule has 0 aliphatic heterocycles. The predicted octanol–water partition coefficient (Wildman–Crippen LogP) is 6.35. The van der Waals surface area contributed by atoms with Crippen LogP contribution in [0.1, 0.15) is 103 Å². The van der Waals surface area contributed by atoms with Crippen LogP contribution in [0, 0.1) is 11.8 Å². The highest BCUT2D eigenvalue weighted by atomic mass is 16.7. The third kappa shape index (κ3) is 11.9. The monoisotopic (exact) mass is 593 g/mol. The molecular weight excluding hydrogens is 546 g/mol. The van der Waals surface area contributed by atoms with E-state index in [0.717, 1.165) is 57.8 Å². The molecule has 0 spiro atoms. The number of rotatable bonds is 17. The maximum Gasteiger partial charge on any atom is 0.513 e. The Bertz CT molecular complexity index is 1010. The van der Waals surface area contributed by atoms with Crippen molar-refractivity contribution in [3.05, 3.63) is 23.8 Å². The topological polar surface area (TPSA) is 161 Å². The number of carboxylic acid groups (broad SMARTS) is 1. The van der Waals surface area contributed by atoms with Crippen LogP contribution in [0.5, 0.6) is 11.5 Å². The SMILES string of the molecule is CCCCCOC(=O)Oc1ccc(C(C(C)COC(=O)C2CCCCC2)[C@H](N)C(=O)O)cc1OC(=O)OCCCCC. The van der Waals surface area contributed by atoms with Gasteiger partial charge in [-0.05, 0) is 49.3 Å². The highest BCUT2D eigenvalue weighted by Crippen LogP contribution is 2.36. The number of hydrogen-bond donors (Lipinski definition) is 2. The van der Waals surface area contributed by atoms with Crippen LogP contribution in [0.3, 0.4) is 0 Å². The minimum absolute atomic E-state index is 0.0427. The van der Waals surface area contributed by atoms with Gasteiger partial charge in [0, 0.05) is 5.92 Å². The highest BCUT2D eigenvalue weighted by Gasteiger charge is 2.33. The smallest absolute Gasteiger partial charge is 0.480 e. The zero-order chi connectivity index (χ0) is 30.9. The van der Waals surface area contributed by atoms with Crippen LogP contribution in [0.25, 0.3) is 0 Å². The first kappa shape index (κ1) is 34.9. The van der Waals surface area contributed by atoms with Crippen molar-refractivity contribution in [3.8, 4) is 11.5 Å². The molecule has 42 heavy (non-hydrogen) atoms. The van der Waals surface area contributed by atoms with Gasteiger partial charge in [-0.2, -0.15) is 0 Å². The van der Waals surface area contributed by atoms with Crippen LogP contribution >= 0.6 is 0 Å². The molecule has 0 heterocycles. The number of ether oxygens (including phenoxy) is 5. The van der Waals surface area contributed by atoms with Crippen molar-refractivity contribution in [3.63, 3.8) is 0 Å². The van der Waals surface area contributed by atoms with E-state index in [4.69, 9.17) is 29.4 Å². The fourth-order valence-electron chi connectivity index (χ4n) is 4.97. The summed E-state index contributed by atoms with van der Waals surface area (Å²) in [5, 5.41) is 9.77. The van der Waals surface area contributed by atoms with Gasteiger partial charge in [-0.15, -0.1) is 0 Å². The van der Waals surface area contributed by atoms with Gasteiger partial charge < -0.3 is 34.5 Å². The first-order chi connectivity index (χ1) is 20.2. The van der Waals surface area contributed by atoms with Gasteiger partial charge in [0.15, 0.2) is 11.5 Å². The van der Waals surface area contributed by atoms with Crippen molar-refractivity contribution >= 4 is 24.2 Å². The minimum atomic E-state index is -1.36. The summed E-state index contributed by atoms with van der Waals surface area (Å²) in [6, 6.07) is 2.94. The van der Waals surface area contributed by atoms with E-state index in [9.17, 15) is 24.3 Å². The molecule has 0 saturated heterocycles. The summed E-state index contributed by atoms with van der Waals surface area (Å²) in [6.07, 6.45) is 7.64. The second kappa shape index (κ2) is 19.0. The Hall–Kier alpha value is -3.34. The number of carboxylic acids is 1. The first-order valence-electron chi connectivity index (χ1n) is 15.2. The third-order valence-electron chi connectivity index (χ3n) is 7.39. The summed E-state index contributed by atoms with van der Waals surface area (Å²) in [7, 11) is 0. The van der Waals surface area contributed by atoms with Crippen molar-refractivity contribution in [2.24, 2.45) is 17.6 Å². The Morgan fingerprint density at radius 2 is 1.43 bits per heavy atom. The van der Waals surface area contributed by atoms with Gasteiger partial charge >= 0.3 is 24.2 Å². The second-order valence-electron chi connectivity index (χ2n) is 10.9. The maximum absolute atomic E-state index is 12.6. The van der Waals surface area contributed by atoms with Gasteiger partial charge in [0.25, 0.3) is 0 Å². The average molecular weight is 594 g/mol. The lowest BCUT2D eigenvalue weighted by molar-refractivity contribution is -0.151. The van der Waals surface area contributed by atoms with Gasteiger partial charge in [0.1, 0.15) is 6.04 Å². The summed E-state index contributed by atoms with van der Waals surface area (Å²) in [6.45, 7) is 6.06. The Morgan fingerprint density at radius 3 is 1.98 bits per heavy atom. The summed E-state index contributed by atoms with van der Waals surface area (Å²) in [5.74, 6) is -3.30. The van der Waals surface area contributed by atoms with Crippen molar-refractivity contribution in [2.75, 3.05) is 19.8 Å². The Balaban J connectivity index is 2.26. The van der Waals surface area contributed by atoms with Gasteiger partial charge in [-0.3, -0.25) is 9.59 Å². The van der Waals surface area contributed by atoms with Gasteiger partial charge in [0.2, 0.25) is 0 Å². The van der Waals surface area contributed by atoms with E-state index in [2.05, 4.69) is 0 Å². The van der Waals surface area contributed by atoms with Crippen LogP contribution in [0.4, 0.5) is 9.59 Å². The van der Waals surface area contributed by atoms with E-state index in [-0.39, 0.29) is 43.2 Å². The van der Waals surface area contributed by atoms with E-state index in [0.29, 0.717) is 18.4 Å². The number of carbonyl (C=O) groups is 4. The normalized spacial score (nSPS) is 15.6. The molecule has 0 bridgehead atoms. The van der Waals surface area contributed by atoms with Gasteiger partial charge in [-0.1, -0.05) is 71.8 Å². The summed E-state index contributed by atoms with van der Waals surface area (Å²) in [4.78, 5) is 49.3. The van der Waals surface area contributed by atoms with E-state index < -0.39 is 36.2 Å². The van der Waals surface area contributed by atoms with Crippen LogP contribution in [0.15, 0.2) is 18.2 Å². The molecule has 2 unspecified atom stereocenters. The van der Waals surface area contributed by atoms with E-state index >= 15 is 0 Å². The molecule has 1 aromatic rings.